The molecule has 4 aromatic carbocycles. The van der Waals surface area contributed by atoms with Crippen molar-refractivity contribution in [3.8, 4) is 11.5 Å². The summed E-state index contributed by atoms with van der Waals surface area (Å²) in [5.74, 6) is 1.70. The van der Waals surface area contributed by atoms with Gasteiger partial charge in [0.05, 0.1) is 12.4 Å². The van der Waals surface area contributed by atoms with Crippen molar-refractivity contribution in [3.63, 3.8) is 0 Å². The summed E-state index contributed by atoms with van der Waals surface area (Å²) < 4.78 is 20.6. The van der Waals surface area contributed by atoms with Crippen LogP contribution in [0.5, 0.6) is 11.5 Å². The van der Waals surface area contributed by atoms with E-state index in [-0.39, 0.29) is 30.3 Å². The lowest BCUT2D eigenvalue weighted by molar-refractivity contribution is -0.662. The zero-order valence-electron chi connectivity index (χ0n) is 28.6. The minimum atomic E-state index is 0. The number of ether oxygens (including phenoxy) is 2. The van der Waals surface area contributed by atoms with Gasteiger partial charge in [-0.25, -0.2) is 9.13 Å². The Bertz CT molecular complexity index is 2170. The molecule has 0 bridgehead atoms. The summed E-state index contributed by atoms with van der Waals surface area (Å²) >= 11 is 12.6. The van der Waals surface area contributed by atoms with Crippen LogP contribution in [-0.2, 0) is 26.3 Å². The van der Waals surface area contributed by atoms with Crippen molar-refractivity contribution in [2.24, 2.45) is 0 Å². The summed E-state index contributed by atoms with van der Waals surface area (Å²) in [4.78, 5) is 0. The van der Waals surface area contributed by atoms with Gasteiger partial charge in [0.2, 0.25) is 11.5 Å². The van der Waals surface area contributed by atoms with Crippen LogP contribution in [0, 0.1) is 0 Å². The number of halogens is 4. The maximum atomic E-state index is 6.32. The number of fused-ring (bicyclic) bond motifs is 2. The normalized spacial score (nSPS) is 10.3. The maximum Gasteiger partial charge on any atom is 0.329 e. The Hall–Kier alpha value is -5.02. The van der Waals surface area contributed by atoms with Crippen LogP contribution in [0.25, 0.3) is 11.3 Å². The highest BCUT2D eigenvalue weighted by Crippen LogP contribution is 2.22. The van der Waals surface area contributed by atoms with Crippen LogP contribution < -0.4 is 43.4 Å². The lowest BCUT2D eigenvalue weighted by Crippen LogP contribution is -3.00. The first-order valence-corrected chi connectivity index (χ1v) is 17.2. The van der Waals surface area contributed by atoms with E-state index in [1.807, 2.05) is 146 Å². The molecule has 0 radical (unpaired) electrons. The Morgan fingerprint density at radius 3 is 1.23 bits per heavy atom. The Kier molecular flexibility index (Phi) is 15.2. The van der Waals surface area contributed by atoms with Crippen molar-refractivity contribution in [1.82, 2.24) is 8.80 Å². The van der Waals surface area contributed by atoms with E-state index in [9.17, 15) is 0 Å². The van der Waals surface area contributed by atoms with E-state index in [1.165, 1.54) is 0 Å². The average molecular weight is 789 g/mol. The van der Waals surface area contributed by atoms with Crippen molar-refractivity contribution in [1.29, 1.82) is 0 Å². The van der Waals surface area contributed by atoms with Gasteiger partial charge in [-0.15, -0.1) is 0 Å². The number of nitrogens with zero attached hydrogens (tertiary/aromatic N) is 4. The van der Waals surface area contributed by atoms with Crippen LogP contribution in [0.3, 0.4) is 0 Å². The van der Waals surface area contributed by atoms with E-state index in [1.54, 1.807) is 0 Å². The molecular formula is C42H38Cl4N4O3. The first kappa shape index (κ1) is 40.7. The molecular weight excluding hydrogens is 750 g/mol. The van der Waals surface area contributed by atoms with Crippen LogP contribution in [-0.4, -0.2) is 14.3 Å². The van der Waals surface area contributed by atoms with Crippen molar-refractivity contribution < 1.29 is 48.9 Å². The molecule has 0 unspecified atom stereocenters. The topological polar surface area (TPSA) is 66.5 Å². The molecule has 4 heterocycles. The van der Waals surface area contributed by atoms with Gasteiger partial charge in [0.15, 0.2) is 0 Å². The lowest BCUT2D eigenvalue weighted by atomic mass is 10.2. The number of imidazole rings is 2. The Morgan fingerprint density at radius 1 is 0.453 bits per heavy atom. The van der Waals surface area contributed by atoms with E-state index >= 15 is 0 Å². The maximum absolute atomic E-state index is 6.32. The van der Waals surface area contributed by atoms with Crippen molar-refractivity contribution in [2.45, 2.75) is 26.3 Å². The third-order valence-electron chi connectivity index (χ3n) is 8.35. The number of aromatic nitrogens is 4. The third kappa shape index (κ3) is 10.1. The number of benzene rings is 4. The molecule has 272 valence electrons. The summed E-state index contributed by atoms with van der Waals surface area (Å²) in [6.45, 7) is 2.47. The molecule has 8 rings (SSSR count). The molecule has 0 aliphatic heterocycles. The zero-order valence-corrected chi connectivity index (χ0v) is 31.6. The van der Waals surface area contributed by atoms with E-state index in [0.717, 1.165) is 55.1 Å². The van der Waals surface area contributed by atoms with Crippen LogP contribution in [0.1, 0.15) is 22.3 Å². The molecule has 8 aromatic rings. The molecule has 0 saturated carbocycles. The second kappa shape index (κ2) is 19.7. The summed E-state index contributed by atoms with van der Waals surface area (Å²) in [5.41, 5.74) is 6.49. The first-order chi connectivity index (χ1) is 24.6. The predicted molar refractivity (Wildman–Crippen MR) is 201 cm³/mol. The van der Waals surface area contributed by atoms with Gasteiger partial charge in [-0.2, -0.15) is 8.80 Å². The van der Waals surface area contributed by atoms with Gasteiger partial charge in [-0.3, -0.25) is 0 Å². The van der Waals surface area contributed by atoms with Crippen LogP contribution >= 0.6 is 23.2 Å². The van der Waals surface area contributed by atoms with E-state index < -0.39 is 0 Å². The van der Waals surface area contributed by atoms with E-state index in [0.29, 0.717) is 26.3 Å². The summed E-state index contributed by atoms with van der Waals surface area (Å²) in [5, 5.41) is 1.55. The predicted octanol–water partition coefficient (Wildman–Crippen LogP) is 2.20. The van der Waals surface area contributed by atoms with Gasteiger partial charge >= 0.3 is 11.3 Å². The van der Waals surface area contributed by atoms with Crippen molar-refractivity contribution in [3.05, 3.63) is 203 Å². The smallest absolute Gasteiger partial charge is 0.329 e. The quantitative estimate of drug-likeness (QED) is 0.200. The second-order valence-corrected chi connectivity index (χ2v) is 12.6. The molecule has 7 nitrogen and oxygen atoms in total. The molecule has 0 atom stereocenters. The summed E-state index contributed by atoms with van der Waals surface area (Å²) in [7, 11) is 0. The van der Waals surface area contributed by atoms with Gasteiger partial charge in [0.1, 0.15) is 51.1 Å². The van der Waals surface area contributed by atoms with Crippen molar-refractivity contribution in [2.75, 3.05) is 0 Å². The zero-order chi connectivity index (χ0) is 34.1. The van der Waals surface area contributed by atoms with Gasteiger partial charge in [0, 0.05) is 21.2 Å². The van der Waals surface area contributed by atoms with Crippen molar-refractivity contribution >= 4 is 34.5 Å². The fourth-order valence-corrected chi connectivity index (χ4v) is 6.22. The van der Waals surface area contributed by atoms with Crippen LogP contribution in [0.2, 0.25) is 10.0 Å². The molecule has 0 amide bonds. The summed E-state index contributed by atoms with van der Waals surface area (Å²) in [6, 6.07) is 44.2. The van der Waals surface area contributed by atoms with Gasteiger partial charge in [-0.1, -0.05) is 120 Å². The van der Waals surface area contributed by atoms with E-state index in [2.05, 4.69) is 42.2 Å². The molecule has 4 aromatic heterocycles. The number of hydrogen-bond donors (Lipinski definition) is 0. The van der Waals surface area contributed by atoms with Gasteiger partial charge < -0.3 is 39.8 Å². The SMILES string of the molecule is Clc1ccccc1C[n+]1ccn2cccc(OCc3ccccc3)c21.Clc1ccccc1C[n+]1ccn2cccc(OCc3ccccc3)c21.O.[Cl-].[Cl-]. The van der Waals surface area contributed by atoms with Crippen LogP contribution in [0.4, 0.5) is 0 Å². The molecule has 53 heavy (non-hydrogen) atoms. The molecule has 0 aliphatic rings. The number of hydrogen-bond acceptors (Lipinski definition) is 2. The molecule has 0 fully saturated rings. The standard InChI is InChI=1S/2C21H18ClN2O.2ClH.H2O/c2*22-19-10-5-4-9-18(19)15-24-14-13-23-12-6-11-20(21(23)24)25-16-17-7-2-1-3-8-17;;;/h2*1-14H,15-16H2;2*1H;1H2/q2*+1;;;/p-2. The average Bonchev–Trinajstić information content (AvgIpc) is 3.77. The largest absolute Gasteiger partial charge is 1.00 e. The highest BCUT2D eigenvalue weighted by molar-refractivity contribution is 6.31. The highest BCUT2D eigenvalue weighted by Gasteiger charge is 2.19. The Labute approximate surface area is 331 Å². The molecule has 11 heteroatoms. The van der Waals surface area contributed by atoms with E-state index in [4.69, 9.17) is 32.7 Å². The molecule has 2 N–H and O–H groups in total. The van der Waals surface area contributed by atoms with Gasteiger partial charge in [-0.05, 0) is 47.5 Å². The first-order valence-electron chi connectivity index (χ1n) is 16.4. The number of pyridine rings is 2. The summed E-state index contributed by atoms with van der Waals surface area (Å²) in [6.07, 6.45) is 12.2. The number of rotatable bonds is 10. The highest BCUT2D eigenvalue weighted by atomic mass is 35.5. The Morgan fingerprint density at radius 2 is 0.830 bits per heavy atom. The fourth-order valence-electron chi connectivity index (χ4n) is 5.83. The molecule has 0 aliphatic carbocycles. The lowest BCUT2D eigenvalue weighted by Gasteiger charge is -2.07. The van der Waals surface area contributed by atoms with Crippen LogP contribution in [0.15, 0.2) is 171 Å². The minimum absolute atomic E-state index is 0. The molecule has 0 spiro atoms. The third-order valence-corrected chi connectivity index (χ3v) is 9.09. The second-order valence-electron chi connectivity index (χ2n) is 11.8. The molecule has 0 saturated heterocycles. The van der Waals surface area contributed by atoms with Gasteiger partial charge in [0.25, 0.3) is 0 Å². The fraction of sp³-hybridized carbons (Fsp3) is 0.0952. The minimum Gasteiger partial charge on any atom is -1.00 e. The Balaban J connectivity index is 0.000000224. The monoisotopic (exact) mass is 786 g/mol.